The molecule has 104 valence electrons. The summed E-state index contributed by atoms with van der Waals surface area (Å²) >= 11 is 0. The van der Waals surface area contributed by atoms with Crippen molar-refractivity contribution in [1.82, 2.24) is 5.32 Å². The Bertz CT molecular complexity index is 471. The minimum absolute atomic E-state index is 0.0406. The SMILES string of the molecule is NCC1(NC(=O)Cc2ccc(F)c(F)c2)CCCC1. The quantitative estimate of drug-likeness (QED) is 0.876. The van der Waals surface area contributed by atoms with Gasteiger partial charge in [-0.2, -0.15) is 0 Å². The van der Waals surface area contributed by atoms with E-state index in [1.165, 1.54) is 6.07 Å². The second-order valence-corrected chi connectivity index (χ2v) is 5.16. The molecule has 2 rings (SSSR count). The highest BCUT2D eigenvalue weighted by Gasteiger charge is 2.33. The molecule has 1 fully saturated rings. The van der Waals surface area contributed by atoms with Crippen LogP contribution in [0.3, 0.4) is 0 Å². The molecular formula is C14H18F2N2O. The molecule has 0 saturated heterocycles. The van der Waals surface area contributed by atoms with Gasteiger partial charge in [0.05, 0.1) is 12.0 Å². The number of amides is 1. The number of hydrogen-bond donors (Lipinski definition) is 2. The molecule has 0 radical (unpaired) electrons. The molecule has 3 nitrogen and oxygen atoms in total. The first-order chi connectivity index (χ1) is 9.04. The lowest BCUT2D eigenvalue weighted by Crippen LogP contribution is -2.52. The van der Waals surface area contributed by atoms with Crippen LogP contribution >= 0.6 is 0 Å². The van der Waals surface area contributed by atoms with Crippen molar-refractivity contribution in [3.8, 4) is 0 Å². The van der Waals surface area contributed by atoms with Gasteiger partial charge in [-0.25, -0.2) is 8.78 Å². The maximum absolute atomic E-state index is 13.0. The Morgan fingerprint density at radius 3 is 2.53 bits per heavy atom. The maximum Gasteiger partial charge on any atom is 0.224 e. The van der Waals surface area contributed by atoms with E-state index in [0.717, 1.165) is 37.8 Å². The van der Waals surface area contributed by atoms with Crippen molar-refractivity contribution in [2.24, 2.45) is 5.73 Å². The van der Waals surface area contributed by atoms with Crippen LogP contribution < -0.4 is 11.1 Å². The van der Waals surface area contributed by atoms with Crippen LogP contribution in [0, 0.1) is 11.6 Å². The lowest BCUT2D eigenvalue weighted by atomic mass is 9.97. The first kappa shape index (κ1) is 13.9. The Morgan fingerprint density at radius 1 is 1.26 bits per heavy atom. The van der Waals surface area contributed by atoms with Gasteiger partial charge >= 0.3 is 0 Å². The summed E-state index contributed by atoms with van der Waals surface area (Å²) in [6, 6.07) is 3.51. The third-order valence-electron chi connectivity index (χ3n) is 3.70. The first-order valence-electron chi connectivity index (χ1n) is 6.50. The Hall–Kier alpha value is -1.49. The van der Waals surface area contributed by atoms with E-state index in [9.17, 15) is 13.6 Å². The maximum atomic E-state index is 13.0. The zero-order valence-corrected chi connectivity index (χ0v) is 10.7. The largest absolute Gasteiger partial charge is 0.349 e. The van der Waals surface area contributed by atoms with Crippen LogP contribution in [-0.4, -0.2) is 18.0 Å². The molecule has 0 bridgehead atoms. The molecule has 5 heteroatoms. The van der Waals surface area contributed by atoms with E-state index in [4.69, 9.17) is 5.73 Å². The first-order valence-corrected chi connectivity index (χ1v) is 6.50. The van der Waals surface area contributed by atoms with E-state index in [1.807, 2.05) is 0 Å². The lowest BCUT2D eigenvalue weighted by molar-refractivity contribution is -0.122. The van der Waals surface area contributed by atoms with Crippen molar-refractivity contribution in [3.63, 3.8) is 0 Å². The van der Waals surface area contributed by atoms with Crippen LogP contribution in [0.25, 0.3) is 0 Å². The summed E-state index contributed by atoms with van der Waals surface area (Å²) in [5, 5.41) is 2.94. The summed E-state index contributed by atoms with van der Waals surface area (Å²) in [4.78, 5) is 11.9. The minimum atomic E-state index is -0.931. The highest BCUT2D eigenvalue weighted by atomic mass is 19.2. The number of benzene rings is 1. The van der Waals surface area contributed by atoms with Gasteiger partial charge in [0, 0.05) is 6.54 Å². The third kappa shape index (κ3) is 3.29. The second-order valence-electron chi connectivity index (χ2n) is 5.16. The lowest BCUT2D eigenvalue weighted by Gasteiger charge is -2.28. The molecule has 1 aromatic rings. The van der Waals surface area contributed by atoms with Gasteiger partial charge in [0.15, 0.2) is 11.6 Å². The third-order valence-corrected chi connectivity index (χ3v) is 3.70. The number of hydrogen-bond acceptors (Lipinski definition) is 2. The minimum Gasteiger partial charge on any atom is -0.349 e. The highest BCUT2D eigenvalue weighted by molar-refractivity contribution is 5.79. The number of halogens is 2. The smallest absolute Gasteiger partial charge is 0.224 e. The summed E-state index contributed by atoms with van der Waals surface area (Å²) < 4.78 is 25.8. The normalized spacial score (nSPS) is 17.4. The summed E-state index contributed by atoms with van der Waals surface area (Å²) in [6.45, 7) is 0.413. The number of carbonyl (C=O) groups is 1. The van der Waals surface area contributed by atoms with E-state index in [0.29, 0.717) is 12.1 Å². The van der Waals surface area contributed by atoms with Crippen LogP contribution in [0.1, 0.15) is 31.2 Å². The van der Waals surface area contributed by atoms with Crippen molar-refractivity contribution < 1.29 is 13.6 Å². The van der Waals surface area contributed by atoms with E-state index in [-0.39, 0.29) is 17.9 Å². The van der Waals surface area contributed by atoms with Gasteiger partial charge in [0.2, 0.25) is 5.91 Å². The molecule has 0 aromatic heterocycles. The van der Waals surface area contributed by atoms with Crippen molar-refractivity contribution in [2.45, 2.75) is 37.6 Å². The molecule has 1 aliphatic carbocycles. The molecule has 0 heterocycles. The molecule has 1 aromatic carbocycles. The van der Waals surface area contributed by atoms with Crippen LogP contribution in [0.15, 0.2) is 18.2 Å². The molecule has 19 heavy (non-hydrogen) atoms. The van der Waals surface area contributed by atoms with Crippen LogP contribution in [0.4, 0.5) is 8.78 Å². The number of nitrogens with one attached hydrogen (secondary N) is 1. The monoisotopic (exact) mass is 268 g/mol. The Balaban J connectivity index is 1.99. The summed E-state index contributed by atoms with van der Waals surface area (Å²) in [7, 11) is 0. The molecule has 0 spiro atoms. The summed E-state index contributed by atoms with van der Waals surface area (Å²) in [5.41, 5.74) is 5.88. The van der Waals surface area contributed by atoms with Crippen LogP contribution in [0.5, 0.6) is 0 Å². The standard InChI is InChI=1S/C14H18F2N2O/c15-11-4-3-10(7-12(11)16)8-13(19)18-14(9-17)5-1-2-6-14/h3-4,7H,1-2,5-6,8-9,17H2,(H,18,19). The number of rotatable bonds is 4. The molecule has 1 amide bonds. The molecule has 1 saturated carbocycles. The zero-order valence-electron chi connectivity index (χ0n) is 10.7. The van der Waals surface area contributed by atoms with Gasteiger partial charge in [-0.3, -0.25) is 4.79 Å². The highest BCUT2D eigenvalue weighted by Crippen LogP contribution is 2.28. The van der Waals surface area contributed by atoms with Gasteiger partial charge in [-0.1, -0.05) is 18.9 Å². The van der Waals surface area contributed by atoms with E-state index >= 15 is 0 Å². The van der Waals surface area contributed by atoms with Crippen molar-refractivity contribution in [3.05, 3.63) is 35.4 Å². The zero-order chi connectivity index (χ0) is 13.9. The van der Waals surface area contributed by atoms with Gasteiger partial charge < -0.3 is 11.1 Å². The molecule has 1 aliphatic rings. The Labute approximate surface area is 111 Å². The van der Waals surface area contributed by atoms with E-state index in [2.05, 4.69) is 5.32 Å². The number of nitrogens with two attached hydrogens (primary N) is 1. The van der Waals surface area contributed by atoms with Crippen molar-refractivity contribution >= 4 is 5.91 Å². The van der Waals surface area contributed by atoms with Crippen molar-refractivity contribution in [2.75, 3.05) is 6.54 Å². The van der Waals surface area contributed by atoms with Gasteiger partial charge in [-0.05, 0) is 30.5 Å². The fourth-order valence-corrected chi connectivity index (χ4v) is 2.61. The Morgan fingerprint density at radius 2 is 1.95 bits per heavy atom. The number of carbonyl (C=O) groups excluding carboxylic acids is 1. The van der Waals surface area contributed by atoms with Gasteiger partial charge in [-0.15, -0.1) is 0 Å². The molecule has 0 atom stereocenters. The molecule has 3 N–H and O–H groups in total. The van der Waals surface area contributed by atoms with E-state index < -0.39 is 11.6 Å². The van der Waals surface area contributed by atoms with Gasteiger partial charge in [0.1, 0.15) is 0 Å². The summed E-state index contributed by atoms with van der Waals surface area (Å²) in [6.07, 6.45) is 3.92. The predicted molar refractivity (Wildman–Crippen MR) is 68.5 cm³/mol. The van der Waals surface area contributed by atoms with Gasteiger partial charge in [0.25, 0.3) is 0 Å². The van der Waals surface area contributed by atoms with Crippen LogP contribution in [0.2, 0.25) is 0 Å². The van der Waals surface area contributed by atoms with Crippen LogP contribution in [-0.2, 0) is 11.2 Å². The fraction of sp³-hybridized carbons (Fsp3) is 0.500. The molecule has 0 aliphatic heterocycles. The second kappa shape index (κ2) is 5.65. The average molecular weight is 268 g/mol. The Kier molecular flexibility index (Phi) is 4.14. The van der Waals surface area contributed by atoms with Crippen molar-refractivity contribution in [1.29, 1.82) is 0 Å². The molecular weight excluding hydrogens is 250 g/mol. The average Bonchev–Trinajstić information content (AvgIpc) is 2.83. The predicted octanol–water partition coefficient (Wildman–Crippen LogP) is 1.90. The molecule has 0 unspecified atom stereocenters. The topological polar surface area (TPSA) is 55.1 Å². The van der Waals surface area contributed by atoms with E-state index in [1.54, 1.807) is 0 Å². The summed E-state index contributed by atoms with van der Waals surface area (Å²) in [5.74, 6) is -2.03. The fourth-order valence-electron chi connectivity index (χ4n) is 2.61.